The molecule has 0 saturated heterocycles. The first-order valence-corrected chi connectivity index (χ1v) is 7.76. The first kappa shape index (κ1) is 19.2. The highest BCUT2D eigenvalue weighted by Gasteiger charge is 2.15. The molecule has 26 heavy (non-hydrogen) atoms. The molecule has 0 fully saturated rings. The van der Waals surface area contributed by atoms with Gasteiger partial charge in [0.05, 0.1) is 13.7 Å². The minimum atomic E-state index is -3.03. The van der Waals surface area contributed by atoms with Gasteiger partial charge < -0.3 is 19.3 Å². The number of hydrogen-bond donors (Lipinski definition) is 1. The zero-order valence-corrected chi connectivity index (χ0v) is 14.2. The molecular weight excluding hydrogens is 346 g/mol. The third-order valence-corrected chi connectivity index (χ3v) is 3.39. The SMILES string of the molecule is CCOc1cccc(/C=C/C(=O)c2ccc(O)c(OC)c2)c1OC(F)F. The van der Waals surface area contributed by atoms with Gasteiger partial charge in [0.15, 0.2) is 28.8 Å². The molecular formula is C19H18F2O5. The molecule has 0 aromatic heterocycles. The summed E-state index contributed by atoms with van der Waals surface area (Å²) in [6.07, 6.45) is 2.58. The largest absolute Gasteiger partial charge is 0.504 e. The van der Waals surface area contributed by atoms with Gasteiger partial charge in [0, 0.05) is 11.1 Å². The Morgan fingerprint density at radius 1 is 1.23 bits per heavy atom. The third kappa shape index (κ3) is 4.72. The van der Waals surface area contributed by atoms with E-state index in [1.165, 1.54) is 49.6 Å². The topological polar surface area (TPSA) is 65.0 Å². The summed E-state index contributed by atoms with van der Waals surface area (Å²) >= 11 is 0. The molecule has 7 heteroatoms. The first-order chi connectivity index (χ1) is 12.5. The fourth-order valence-electron chi connectivity index (χ4n) is 2.24. The van der Waals surface area contributed by atoms with Crippen LogP contribution in [0, 0.1) is 0 Å². The molecule has 5 nitrogen and oxygen atoms in total. The Morgan fingerprint density at radius 2 is 2.00 bits per heavy atom. The van der Waals surface area contributed by atoms with Crippen molar-refractivity contribution < 1.29 is 32.9 Å². The average Bonchev–Trinajstić information content (AvgIpc) is 2.62. The molecule has 0 atom stereocenters. The molecule has 0 unspecified atom stereocenters. The second-order valence-corrected chi connectivity index (χ2v) is 5.07. The van der Waals surface area contributed by atoms with E-state index in [0.29, 0.717) is 0 Å². The van der Waals surface area contributed by atoms with Crippen LogP contribution in [0.1, 0.15) is 22.8 Å². The lowest BCUT2D eigenvalue weighted by molar-refractivity contribution is -0.0515. The Bertz CT molecular complexity index is 803. The second kappa shape index (κ2) is 8.84. The van der Waals surface area contributed by atoms with Crippen LogP contribution in [-0.4, -0.2) is 31.2 Å². The van der Waals surface area contributed by atoms with E-state index in [-0.39, 0.29) is 40.7 Å². The minimum Gasteiger partial charge on any atom is -0.504 e. The number of hydrogen-bond acceptors (Lipinski definition) is 5. The smallest absolute Gasteiger partial charge is 0.387 e. The number of benzene rings is 2. The Kier molecular flexibility index (Phi) is 6.54. The number of para-hydroxylation sites is 1. The van der Waals surface area contributed by atoms with Crippen LogP contribution in [0.2, 0.25) is 0 Å². The van der Waals surface area contributed by atoms with Crippen molar-refractivity contribution >= 4 is 11.9 Å². The molecule has 0 aliphatic heterocycles. The molecule has 2 aromatic carbocycles. The van der Waals surface area contributed by atoms with Crippen molar-refractivity contribution in [3.63, 3.8) is 0 Å². The molecule has 0 bridgehead atoms. The van der Waals surface area contributed by atoms with Crippen LogP contribution >= 0.6 is 0 Å². The van der Waals surface area contributed by atoms with Crippen LogP contribution in [0.25, 0.3) is 6.08 Å². The number of halogens is 2. The normalized spacial score (nSPS) is 11.0. The van der Waals surface area contributed by atoms with E-state index >= 15 is 0 Å². The van der Waals surface area contributed by atoms with Crippen molar-refractivity contribution in [2.75, 3.05) is 13.7 Å². The molecule has 138 valence electrons. The monoisotopic (exact) mass is 364 g/mol. The van der Waals surface area contributed by atoms with Gasteiger partial charge in [-0.2, -0.15) is 8.78 Å². The van der Waals surface area contributed by atoms with E-state index in [9.17, 15) is 18.7 Å². The van der Waals surface area contributed by atoms with Gasteiger partial charge in [0.25, 0.3) is 0 Å². The summed E-state index contributed by atoms with van der Waals surface area (Å²) in [6, 6.07) is 8.79. The number of ketones is 1. The number of allylic oxidation sites excluding steroid dienone is 1. The Balaban J connectivity index is 2.31. The van der Waals surface area contributed by atoms with Crippen LogP contribution in [-0.2, 0) is 0 Å². The van der Waals surface area contributed by atoms with Crippen molar-refractivity contribution in [3.8, 4) is 23.0 Å². The van der Waals surface area contributed by atoms with Gasteiger partial charge in [-0.3, -0.25) is 4.79 Å². The van der Waals surface area contributed by atoms with Crippen molar-refractivity contribution in [3.05, 3.63) is 53.6 Å². The number of carbonyl (C=O) groups excluding carboxylic acids is 1. The summed E-state index contributed by atoms with van der Waals surface area (Å²) in [5.74, 6) is -0.312. The maximum atomic E-state index is 12.7. The van der Waals surface area contributed by atoms with Crippen LogP contribution in [0.4, 0.5) is 8.78 Å². The van der Waals surface area contributed by atoms with E-state index in [1.807, 2.05) is 0 Å². The molecule has 0 saturated carbocycles. The van der Waals surface area contributed by atoms with E-state index in [0.717, 1.165) is 0 Å². The van der Waals surface area contributed by atoms with Crippen LogP contribution in [0.3, 0.4) is 0 Å². The van der Waals surface area contributed by atoms with Gasteiger partial charge in [0.2, 0.25) is 0 Å². The van der Waals surface area contributed by atoms with Crippen LogP contribution in [0.5, 0.6) is 23.0 Å². The quantitative estimate of drug-likeness (QED) is 0.559. The van der Waals surface area contributed by atoms with Crippen LogP contribution in [0.15, 0.2) is 42.5 Å². The molecule has 0 radical (unpaired) electrons. The van der Waals surface area contributed by atoms with Gasteiger partial charge in [-0.15, -0.1) is 0 Å². The van der Waals surface area contributed by atoms with Gasteiger partial charge in [-0.1, -0.05) is 12.1 Å². The highest BCUT2D eigenvalue weighted by Crippen LogP contribution is 2.34. The van der Waals surface area contributed by atoms with Gasteiger partial charge in [0.1, 0.15) is 0 Å². The van der Waals surface area contributed by atoms with Gasteiger partial charge in [-0.25, -0.2) is 0 Å². The highest BCUT2D eigenvalue weighted by atomic mass is 19.3. The number of carbonyl (C=O) groups is 1. The van der Waals surface area contributed by atoms with Crippen molar-refractivity contribution in [1.82, 2.24) is 0 Å². The third-order valence-electron chi connectivity index (χ3n) is 3.39. The number of aromatic hydroxyl groups is 1. The molecule has 2 aromatic rings. The lowest BCUT2D eigenvalue weighted by Gasteiger charge is -2.13. The lowest BCUT2D eigenvalue weighted by Crippen LogP contribution is -2.06. The van der Waals surface area contributed by atoms with Crippen molar-refractivity contribution in [1.29, 1.82) is 0 Å². The second-order valence-electron chi connectivity index (χ2n) is 5.07. The van der Waals surface area contributed by atoms with Crippen LogP contribution < -0.4 is 14.2 Å². The fraction of sp³-hybridized carbons (Fsp3) is 0.211. The summed E-state index contributed by atoms with van der Waals surface area (Å²) in [5.41, 5.74) is 0.545. The molecule has 0 aliphatic carbocycles. The Morgan fingerprint density at radius 3 is 2.65 bits per heavy atom. The summed E-state index contributed by atoms with van der Waals surface area (Å²) in [6.45, 7) is -1.03. The Hall–Kier alpha value is -3.09. The zero-order valence-electron chi connectivity index (χ0n) is 14.2. The maximum absolute atomic E-state index is 12.7. The predicted octanol–water partition coefficient (Wildman–Crippen LogP) is 4.30. The molecule has 0 spiro atoms. The standard InChI is InChI=1S/C19H18F2O5/c1-3-25-16-6-4-5-12(18(16)26-19(20)21)7-9-14(22)13-8-10-15(23)17(11-13)24-2/h4-11,19,23H,3H2,1-2H3/b9-7+. The summed E-state index contributed by atoms with van der Waals surface area (Å²) in [4.78, 5) is 12.3. The van der Waals surface area contributed by atoms with Gasteiger partial charge in [-0.05, 0) is 43.3 Å². The van der Waals surface area contributed by atoms with E-state index in [1.54, 1.807) is 13.0 Å². The zero-order chi connectivity index (χ0) is 19.1. The molecule has 0 heterocycles. The number of phenolic OH excluding ortho intramolecular Hbond substituents is 1. The number of alkyl halides is 2. The highest BCUT2D eigenvalue weighted by molar-refractivity contribution is 6.07. The summed E-state index contributed by atoms with van der Waals surface area (Å²) < 4.78 is 40.2. The average molecular weight is 364 g/mol. The van der Waals surface area contributed by atoms with E-state index in [2.05, 4.69) is 4.74 Å². The molecule has 1 N–H and O–H groups in total. The summed E-state index contributed by atoms with van der Waals surface area (Å²) in [7, 11) is 1.37. The maximum Gasteiger partial charge on any atom is 0.387 e. The molecule has 2 rings (SSSR count). The number of phenols is 1. The number of ether oxygens (including phenoxy) is 3. The van der Waals surface area contributed by atoms with Crippen molar-refractivity contribution in [2.24, 2.45) is 0 Å². The predicted molar refractivity (Wildman–Crippen MR) is 92.3 cm³/mol. The van der Waals surface area contributed by atoms with Crippen molar-refractivity contribution in [2.45, 2.75) is 13.5 Å². The number of methoxy groups -OCH3 is 1. The summed E-state index contributed by atoms with van der Waals surface area (Å²) in [5, 5.41) is 9.57. The number of rotatable bonds is 8. The Labute approximate surface area is 149 Å². The van der Waals surface area contributed by atoms with E-state index in [4.69, 9.17) is 9.47 Å². The minimum absolute atomic E-state index is 0.0925. The van der Waals surface area contributed by atoms with E-state index < -0.39 is 12.4 Å². The molecule has 0 amide bonds. The fourth-order valence-corrected chi connectivity index (χ4v) is 2.24. The molecule has 0 aliphatic rings. The van der Waals surface area contributed by atoms with Gasteiger partial charge >= 0.3 is 6.61 Å². The lowest BCUT2D eigenvalue weighted by atomic mass is 10.1. The first-order valence-electron chi connectivity index (χ1n) is 7.76.